The Bertz CT molecular complexity index is 1120. The van der Waals surface area contributed by atoms with Crippen LogP contribution in [0.15, 0.2) is 53.1 Å². The highest BCUT2D eigenvalue weighted by atomic mass is 32.2. The molecule has 1 saturated heterocycles. The Morgan fingerprint density at radius 2 is 1.86 bits per heavy atom. The van der Waals surface area contributed by atoms with Crippen molar-refractivity contribution in [2.24, 2.45) is 0 Å². The van der Waals surface area contributed by atoms with E-state index in [1.54, 1.807) is 18.2 Å². The van der Waals surface area contributed by atoms with Gasteiger partial charge in [-0.15, -0.1) is 0 Å². The largest absolute Gasteiger partial charge is 0.339 e. The number of rotatable bonds is 5. The molecule has 0 radical (unpaired) electrons. The minimum atomic E-state index is -3.62. The highest BCUT2D eigenvalue weighted by molar-refractivity contribution is 7.88. The molecule has 0 N–H and O–H groups in total. The monoisotopic (exact) mass is 419 g/mol. The predicted octanol–water partition coefficient (Wildman–Crippen LogP) is 3.72. The smallest absolute Gasteiger partial charge is 0.231 e. The van der Waals surface area contributed by atoms with Gasteiger partial charge in [0.1, 0.15) is 11.6 Å². The fraction of sp³-hybridized carbons (Fsp3) is 0.300. The van der Waals surface area contributed by atoms with E-state index in [1.165, 1.54) is 34.6 Å². The SMILES string of the molecule is O=S(=O)(Cc1cccc(F)c1)N1CCCC(c2nc(-c3cccc(F)c3)no2)C1. The first kappa shape index (κ1) is 19.7. The topological polar surface area (TPSA) is 76.3 Å². The van der Waals surface area contributed by atoms with Crippen LogP contribution in [0.5, 0.6) is 0 Å². The van der Waals surface area contributed by atoms with Crippen LogP contribution in [0.4, 0.5) is 8.78 Å². The van der Waals surface area contributed by atoms with E-state index in [4.69, 9.17) is 4.52 Å². The summed E-state index contributed by atoms with van der Waals surface area (Å²) in [6, 6.07) is 11.5. The lowest BCUT2D eigenvalue weighted by atomic mass is 10.00. The Morgan fingerprint density at radius 1 is 1.10 bits per heavy atom. The van der Waals surface area contributed by atoms with E-state index in [-0.39, 0.29) is 24.0 Å². The summed E-state index contributed by atoms with van der Waals surface area (Å²) in [5.74, 6) is -0.795. The van der Waals surface area contributed by atoms with Crippen molar-refractivity contribution in [1.29, 1.82) is 0 Å². The molecule has 3 aromatic rings. The van der Waals surface area contributed by atoms with E-state index in [2.05, 4.69) is 10.1 Å². The molecule has 2 heterocycles. The summed E-state index contributed by atoms with van der Waals surface area (Å²) in [6.07, 6.45) is 1.35. The average Bonchev–Trinajstić information content (AvgIpc) is 3.18. The van der Waals surface area contributed by atoms with Crippen LogP contribution in [0.3, 0.4) is 0 Å². The standard InChI is InChI=1S/C20H19F2N3O3S/c21-17-7-1-4-14(10-17)13-29(26,27)25-9-3-6-16(12-25)20-23-19(24-28-20)15-5-2-8-18(22)11-15/h1-2,4-5,7-8,10-11,16H,3,6,9,12-13H2. The summed E-state index contributed by atoms with van der Waals surface area (Å²) in [5, 5.41) is 3.90. The lowest BCUT2D eigenvalue weighted by Gasteiger charge is -2.30. The van der Waals surface area contributed by atoms with Crippen LogP contribution in [0, 0.1) is 11.6 Å². The van der Waals surface area contributed by atoms with Crippen LogP contribution in [-0.4, -0.2) is 36.0 Å². The maximum absolute atomic E-state index is 13.4. The summed E-state index contributed by atoms with van der Waals surface area (Å²) in [7, 11) is -3.62. The molecular weight excluding hydrogens is 400 g/mol. The maximum atomic E-state index is 13.4. The zero-order chi connectivity index (χ0) is 20.4. The van der Waals surface area contributed by atoms with Gasteiger partial charge in [-0.2, -0.15) is 4.98 Å². The Morgan fingerprint density at radius 3 is 2.62 bits per heavy atom. The zero-order valence-corrected chi connectivity index (χ0v) is 16.3. The number of aromatic nitrogens is 2. The number of hydrogen-bond donors (Lipinski definition) is 0. The molecule has 1 aromatic heterocycles. The van der Waals surface area contributed by atoms with Gasteiger partial charge in [0.05, 0.1) is 11.7 Å². The predicted molar refractivity (Wildman–Crippen MR) is 102 cm³/mol. The molecule has 1 fully saturated rings. The minimum absolute atomic E-state index is 0.211. The molecule has 0 aliphatic carbocycles. The third-order valence-electron chi connectivity index (χ3n) is 4.89. The molecule has 1 aliphatic heterocycles. The molecule has 152 valence electrons. The van der Waals surface area contributed by atoms with E-state index in [9.17, 15) is 17.2 Å². The van der Waals surface area contributed by atoms with Crippen LogP contribution >= 0.6 is 0 Å². The molecule has 1 aliphatic rings. The Hall–Kier alpha value is -2.65. The van der Waals surface area contributed by atoms with Gasteiger partial charge in [-0.25, -0.2) is 21.5 Å². The first-order valence-corrected chi connectivity index (χ1v) is 10.8. The van der Waals surface area contributed by atoms with Gasteiger partial charge >= 0.3 is 0 Å². The van der Waals surface area contributed by atoms with Gasteiger partial charge in [0.15, 0.2) is 0 Å². The van der Waals surface area contributed by atoms with Crippen molar-refractivity contribution in [3.05, 3.63) is 71.6 Å². The first-order valence-electron chi connectivity index (χ1n) is 9.22. The summed E-state index contributed by atoms with van der Waals surface area (Å²) in [6.45, 7) is 0.599. The highest BCUT2D eigenvalue weighted by Gasteiger charge is 2.32. The number of sulfonamides is 1. The summed E-state index contributed by atoms with van der Waals surface area (Å²) in [4.78, 5) is 4.34. The van der Waals surface area contributed by atoms with Gasteiger partial charge in [-0.05, 0) is 42.7 Å². The van der Waals surface area contributed by atoms with Gasteiger partial charge in [0, 0.05) is 18.7 Å². The third kappa shape index (κ3) is 4.51. The second-order valence-corrected chi connectivity index (χ2v) is 9.02. The molecule has 0 saturated carbocycles. The van der Waals surface area contributed by atoms with Crippen molar-refractivity contribution in [3.8, 4) is 11.4 Å². The van der Waals surface area contributed by atoms with Crippen molar-refractivity contribution in [1.82, 2.24) is 14.4 Å². The molecule has 6 nitrogen and oxygen atoms in total. The Labute approximate surface area is 167 Å². The quantitative estimate of drug-likeness (QED) is 0.630. The lowest BCUT2D eigenvalue weighted by Crippen LogP contribution is -2.39. The fourth-order valence-corrected chi connectivity index (χ4v) is 5.07. The third-order valence-corrected chi connectivity index (χ3v) is 6.71. The van der Waals surface area contributed by atoms with Crippen molar-refractivity contribution in [2.45, 2.75) is 24.5 Å². The summed E-state index contributed by atoms with van der Waals surface area (Å²) in [5.41, 5.74) is 0.893. The number of nitrogens with zero attached hydrogens (tertiary/aromatic N) is 3. The van der Waals surface area contributed by atoms with Crippen molar-refractivity contribution in [3.63, 3.8) is 0 Å². The normalized spacial score (nSPS) is 18.1. The van der Waals surface area contributed by atoms with Gasteiger partial charge in [0.2, 0.25) is 21.7 Å². The van der Waals surface area contributed by atoms with E-state index in [1.807, 2.05) is 0 Å². The highest BCUT2D eigenvalue weighted by Crippen LogP contribution is 2.29. The van der Waals surface area contributed by atoms with Crippen LogP contribution in [0.25, 0.3) is 11.4 Å². The summed E-state index contributed by atoms with van der Waals surface area (Å²) >= 11 is 0. The number of hydrogen-bond acceptors (Lipinski definition) is 5. The second kappa shape index (κ2) is 8.00. The summed E-state index contributed by atoms with van der Waals surface area (Å²) < 4.78 is 59.1. The van der Waals surface area contributed by atoms with Crippen molar-refractivity contribution < 1.29 is 21.7 Å². The van der Waals surface area contributed by atoms with Gasteiger partial charge in [0.25, 0.3) is 0 Å². The second-order valence-electron chi connectivity index (χ2n) is 7.05. The molecule has 0 bridgehead atoms. The number of piperidine rings is 1. The van der Waals surface area contributed by atoms with E-state index in [0.29, 0.717) is 36.4 Å². The van der Waals surface area contributed by atoms with Crippen molar-refractivity contribution >= 4 is 10.0 Å². The van der Waals surface area contributed by atoms with Crippen LogP contribution in [0.2, 0.25) is 0 Å². The van der Waals surface area contributed by atoms with Gasteiger partial charge < -0.3 is 4.52 Å². The van der Waals surface area contributed by atoms with Gasteiger partial charge in [-0.3, -0.25) is 0 Å². The van der Waals surface area contributed by atoms with Gasteiger partial charge in [-0.1, -0.05) is 29.4 Å². The Kier molecular flexibility index (Phi) is 5.42. The Balaban J connectivity index is 1.50. The van der Waals surface area contributed by atoms with E-state index >= 15 is 0 Å². The van der Waals surface area contributed by atoms with Crippen LogP contribution in [0.1, 0.15) is 30.2 Å². The molecule has 29 heavy (non-hydrogen) atoms. The molecule has 9 heteroatoms. The van der Waals surface area contributed by atoms with Crippen molar-refractivity contribution in [2.75, 3.05) is 13.1 Å². The fourth-order valence-electron chi connectivity index (χ4n) is 3.47. The minimum Gasteiger partial charge on any atom is -0.339 e. The average molecular weight is 419 g/mol. The molecule has 1 unspecified atom stereocenters. The molecular formula is C20H19F2N3O3S. The van der Waals surface area contributed by atoms with E-state index < -0.39 is 21.7 Å². The molecule has 1 atom stereocenters. The molecule has 2 aromatic carbocycles. The number of benzene rings is 2. The maximum Gasteiger partial charge on any atom is 0.231 e. The molecule has 0 spiro atoms. The number of halogens is 2. The van der Waals surface area contributed by atoms with Crippen LogP contribution < -0.4 is 0 Å². The van der Waals surface area contributed by atoms with E-state index in [0.717, 1.165) is 0 Å². The molecule has 4 rings (SSSR count). The van der Waals surface area contributed by atoms with Crippen LogP contribution in [-0.2, 0) is 15.8 Å². The first-order chi connectivity index (χ1) is 13.9. The lowest BCUT2D eigenvalue weighted by molar-refractivity contribution is 0.265. The zero-order valence-electron chi connectivity index (χ0n) is 15.5. The molecule has 0 amide bonds.